The third kappa shape index (κ3) is 9.90. The molecular formula is C17H34NO4+. The standard InChI is InChI=1S/C17H33NO4/c1-5-6-7-8-9-10-11-12-15(19)17(22,13-16(20)21)14-18(2,3)4/h22H,5-14H2,1-4H3/p+1/t17-/m1/s1/i1D. The number of aliphatic carboxylic acids is 1. The quantitative estimate of drug-likeness (QED) is 0.404. The molecule has 0 bridgehead atoms. The summed E-state index contributed by atoms with van der Waals surface area (Å²) < 4.78 is 7.40. The Hall–Kier alpha value is -0.940. The molecule has 0 aromatic rings. The van der Waals surface area contributed by atoms with Gasteiger partial charge in [-0.2, -0.15) is 0 Å². The van der Waals surface area contributed by atoms with Gasteiger partial charge in [-0.25, -0.2) is 0 Å². The van der Waals surface area contributed by atoms with Crippen LogP contribution in [0.5, 0.6) is 0 Å². The summed E-state index contributed by atoms with van der Waals surface area (Å²) in [6, 6.07) is 0. The van der Waals surface area contributed by atoms with Crippen LogP contribution in [0.4, 0.5) is 0 Å². The largest absolute Gasteiger partial charge is 0.481 e. The second-order valence-electron chi connectivity index (χ2n) is 7.20. The zero-order valence-electron chi connectivity index (χ0n) is 15.4. The van der Waals surface area contributed by atoms with E-state index in [1.165, 1.54) is 0 Å². The molecule has 0 amide bonds. The number of carbonyl (C=O) groups excluding carboxylic acids is 1. The summed E-state index contributed by atoms with van der Waals surface area (Å²) in [4.78, 5) is 23.3. The second kappa shape index (κ2) is 9.95. The van der Waals surface area contributed by atoms with Crippen molar-refractivity contribution in [1.82, 2.24) is 0 Å². The van der Waals surface area contributed by atoms with Crippen LogP contribution in [0.25, 0.3) is 0 Å². The summed E-state index contributed by atoms with van der Waals surface area (Å²) in [5.74, 6) is -1.51. The number of ketones is 1. The van der Waals surface area contributed by atoms with Crippen molar-refractivity contribution in [3.63, 3.8) is 0 Å². The lowest BCUT2D eigenvalue weighted by Gasteiger charge is -2.33. The van der Waals surface area contributed by atoms with Gasteiger partial charge in [-0.3, -0.25) is 9.59 Å². The van der Waals surface area contributed by atoms with Gasteiger partial charge in [-0.1, -0.05) is 45.4 Å². The van der Waals surface area contributed by atoms with Crippen LogP contribution >= 0.6 is 0 Å². The lowest BCUT2D eigenvalue weighted by atomic mass is 9.89. The topological polar surface area (TPSA) is 74.6 Å². The maximum Gasteiger partial charge on any atom is 0.306 e. The van der Waals surface area contributed by atoms with Gasteiger partial charge in [0.05, 0.1) is 27.6 Å². The van der Waals surface area contributed by atoms with Crippen molar-refractivity contribution in [1.29, 1.82) is 0 Å². The number of hydrogen-bond acceptors (Lipinski definition) is 3. The van der Waals surface area contributed by atoms with Crippen LogP contribution < -0.4 is 0 Å². The molecule has 0 heterocycles. The molecular weight excluding hydrogens is 282 g/mol. The lowest BCUT2D eigenvalue weighted by Crippen LogP contribution is -2.54. The van der Waals surface area contributed by atoms with Gasteiger partial charge < -0.3 is 14.7 Å². The zero-order valence-corrected chi connectivity index (χ0v) is 14.4. The van der Waals surface area contributed by atoms with Gasteiger partial charge >= 0.3 is 5.97 Å². The van der Waals surface area contributed by atoms with Gasteiger partial charge in [-0.15, -0.1) is 0 Å². The summed E-state index contributed by atoms with van der Waals surface area (Å²) in [5.41, 5.74) is -1.78. The Labute approximate surface area is 136 Å². The summed E-state index contributed by atoms with van der Waals surface area (Å²) >= 11 is 0. The van der Waals surface area contributed by atoms with E-state index in [0.717, 1.165) is 38.5 Å². The third-order valence-corrected chi connectivity index (χ3v) is 3.60. The van der Waals surface area contributed by atoms with Crippen LogP contribution in [0.1, 0.15) is 66.1 Å². The summed E-state index contributed by atoms with van der Waals surface area (Å²) in [6.07, 6.45) is 6.61. The average molecular weight is 317 g/mol. The number of quaternary nitrogens is 1. The minimum atomic E-state index is -1.78. The normalized spacial score (nSPS) is 15.2. The van der Waals surface area contributed by atoms with Gasteiger partial charge in [0.25, 0.3) is 0 Å². The molecule has 130 valence electrons. The average Bonchev–Trinajstić information content (AvgIpc) is 2.38. The van der Waals surface area contributed by atoms with E-state index < -0.39 is 18.0 Å². The number of hydrogen-bond donors (Lipinski definition) is 2. The summed E-state index contributed by atoms with van der Waals surface area (Å²) in [6.45, 7) is 0.591. The van der Waals surface area contributed by atoms with Crippen molar-refractivity contribution >= 4 is 11.8 Å². The Morgan fingerprint density at radius 2 is 1.59 bits per heavy atom. The molecule has 22 heavy (non-hydrogen) atoms. The Morgan fingerprint density at radius 3 is 2.09 bits per heavy atom. The van der Waals surface area contributed by atoms with Crippen molar-refractivity contribution in [2.45, 2.75) is 70.3 Å². The smallest absolute Gasteiger partial charge is 0.306 e. The fourth-order valence-electron chi connectivity index (χ4n) is 2.68. The molecule has 2 N–H and O–H groups in total. The molecule has 0 aliphatic carbocycles. The minimum absolute atomic E-state index is 0.102. The highest BCUT2D eigenvalue weighted by Gasteiger charge is 2.42. The molecule has 0 aliphatic heterocycles. The summed E-state index contributed by atoms with van der Waals surface area (Å²) in [5, 5.41) is 19.5. The van der Waals surface area contributed by atoms with Crippen LogP contribution in [0.15, 0.2) is 0 Å². The monoisotopic (exact) mass is 317 g/mol. The number of carboxylic acids is 1. The molecule has 1 atom stereocenters. The number of unbranched alkanes of at least 4 members (excludes halogenated alkanes) is 6. The molecule has 0 saturated heterocycles. The van der Waals surface area contributed by atoms with Crippen LogP contribution in [0.3, 0.4) is 0 Å². The van der Waals surface area contributed by atoms with E-state index in [-0.39, 0.29) is 18.7 Å². The van der Waals surface area contributed by atoms with E-state index in [4.69, 9.17) is 6.48 Å². The highest BCUT2D eigenvalue weighted by molar-refractivity contribution is 5.90. The first-order valence-electron chi connectivity index (χ1n) is 8.88. The molecule has 0 fully saturated rings. The molecule has 0 aliphatic rings. The molecule has 0 aromatic heterocycles. The van der Waals surface area contributed by atoms with Gasteiger partial charge in [-0.05, 0) is 6.42 Å². The van der Waals surface area contributed by atoms with Gasteiger partial charge in [0.1, 0.15) is 6.54 Å². The fraction of sp³-hybridized carbons (Fsp3) is 0.882. The highest BCUT2D eigenvalue weighted by Crippen LogP contribution is 2.20. The number of carbonyl (C=O) groups is 2. The van der Waals surface area contributed by atoms with Gasteiger partial charge in [0.2, 0.25) is 0 Å². The number of rotatable bonds is 13. The zero-order chi connectivity index (χ0) is 17.9. The van der Waals surface area contributed by atoms with E-state index in [1.807, 2.05) is 21.1 Å². The molecule has 5 heteroatoms. The molecule has 0 radical (unpaired) electrons. The lowest BCUT2D eigenvalue weighted by molar-refractivity contribution is -0.875. The summed E-state index contributed by atoms with van der Waals surface area (Å²) in [7, 11) is 5.49. The Morgan fingerprint density at radius 1 is 1.05 bits per heavy atom. The maximum absolute atomic E-state index is 12.3. The first kappa shape index (κ1) is 19.1. The number of likely N-dealkylation sites (N-methyl/N-ethyl adjacent to an activating group) is 1. The van der Waals surface area contributed by atoms with E-state index in [2.05, 4.69) is 0 Å². The van der Waals surface area contributed by atoms with Crippen LogP contribution in [0.2, 0.25) is 0 Å². The van der Waals surface area contributed by atoms with Crippen molar-refractivity contribution in [2.75, 3.05) is 27.7 Å². The molecule has 0 unspecified atom stereocenters. The van der Waals surface area contributed by atoms with Crippen LogP contribution in [0, 0.1) is 0 Å². The number of Topliss-reactive ketones (excluding diaryl/α,β-unsaturated/α-hetero) is 1. The predicted molar refractivity (Wildman–Crippen MR) is 87.7 cm³/mol. The van der Waals surface area contributed by atoms with Gasteiger partial charge in [0.15, 0.2) is 11.4 Å². The third-order valence-electron chi connectivity index (χ3n) is 3.60. The fourth-order valence-corrected chi connectivity index (χ4v) is 2.68. The van der Waals surface area contributed by atoms with Gasteiger partial charge in [0, 0.05) is 7.79 Å². The molecule has 0 spiro atoms. The maximum atomic E-state index is 12.3. The molecule has 0 saturated carbocycles. The van der Waals surface area contributed by atoms with Crippen molar-refractivity contribution < 1.29 is 25.7 Å². The van der Waals surface area contributed by atoms with Crippen LogP contribution in [-0.2, 0) is 9.59 Å². The Balaban J connectivity index is 4.22. The second-order valence-corrected chi connectivity index (χ2v) is 7.20. The van der Waals surface area contributed by atoms with E-state index >= 15 is 0 Å². The van der Waals surface area contributed by atoms with E-state index in [1.54, 1.807) is 0 Å². The van der Waals surface area contributed by atoms with E-state index in [0.29, 0.717) is 17.8 Å². The van der Waals surface area contributed by atoms with Crippen molar-refractivity contribution in [3.05, 3.63) is 0 Å². The Kier molecular flexibility index (Phi) is 8.64. The Bertz CT molecular complexity index is 368. The number of carboxylic acid groups (broad SMARTS) is 1. The van der Waals surface area contributed by atoms with Crippen LogP contribution in [-0.4, -0.2) is 59.7 Å². The van der Waals surface area contributed by atoms with Crippen molar-refractivity contribution in [2.24, 2.45) is 0 Å². The SMILES string of the molecule is [2H]CCCCCCCCCC(=O)[C@@](O)(CC(=O)O)C[N+](C)(C)C. The molecule has 0 rings (SSSR count). The minimum Gasteiger partial charge on any atom is -0.481 e. The number of nitrogens with zero attached hydrogens (tertiary/aromatic N) is 1. The molecule has 0 aromatic carbocycles. The van der Waals surface area contributed by atoms with Crippen molar-refractivity contribution in [3.8, 4) is 0 Å². The van der Waals surface area contributed by atoms with E-state index in [9.17, 15) is 14.7 Å². The number of aliphatic hydroxyl groups is 1. The molecule has 5 nitrogen and oxygen atoms in total. The first-order chi connectivity index (χ1) is 10.6. The predicted octanol–water partition coefficient (Wildman–Crippen LogP) is 2.61. The first-order valence-corrected chi connectivity index (χ1v) is 8.18. The highest BCUT2D eigenvalue weighted by atomic mass is 16.4.